The number of rotatable bonds is 9. The standard InChI is InChI=1S/C30H33N5O2S/c1-29(2,3)25-16-22(34-37-25)15-23(36)13-19-5-7-20(8-6-19)21-14-27-35(17-21)24-9-10-26(33-28(24)38-27)32-18-30(31-4)11-12-30/h5-10,14,16-17,31H,11-13,15,18H2,1-4H3,(H,32,33). The first-order valence-corrected chi connectivity index (χ1v) is 13.9. The molecule has 1 aromatic carbocycles. The van der Waals surface area contributed by atoms with Gasteiger partial charge >= 0.3 is 0 Å². The van der Waals surface area contributed by atoms with E-state index >= 15 is 0 Å². The molecule has 0 amide bonds. The molecule has 0 unspecified atom stereocenters. The maximum atomic E-state index is 12.6. The van der Waals surface area contributed by atoms with E-state index in [0.717, 1.165) is 50.0 Å². The van der Waals surface area contributed by atoms with E-state index in [9.17, 15) is 4.79 Å². The summed E-state index contributed by atoms with van der Waals surface area (Å²) < 4.78 is 7.62. The predicted octanol–water partition coefficient (Wildman–Crippen LogP) is 6.02. The molecule has 5 aromatic rings. The molecule has 196 valence electrons. The van der Waals surface area contributed by atoms with Gasteiger partial charge < -0.3 is 19.6 Å². The number of anilines is 1. The van der Waals surface area contributed by atoms with Crippen LogP contribution in [0.4, 0.5) is 5.82 Å². The number of nitrogens with zero attached hydrogens (tertiary/aromatic N) is 3. The Balaban J connectivity index is 1.12. The zero-order valence-corrected chi connectivity index (χ0v) is 23.1. The topological polar surface area (TPSA) is 84.5 Å². The van der Waals surface area contributed by atoms with Gasteiger partial charge in [0.2, 0.25) is 0 Å². The minimum Gasteiger partial charge on any atom is -0.368 e. The van der Waals surface area contributed by atoms with Crippen molar-refractivity contribution >= 4 is 38.1 Å². The third kappa shape index (κ3) is 4.98. The zero-order valence-electron chi connectivity index (χ0n) is 22.3. The second-order valence-corrected chi connectivity index (χ2v) is 12.5. The number of nitrogens with one attached hydrogen (secondary N) is 2. The van der Waals surface area contributed by atoms with Gasteiger partial charge in [0, 0.05) is 41.7 Å². The van der Waals surface area contributed by atoms with Gasteiger partial charge in [-0.25, -0.2) is 4.98 Å². The van der Waals surface area contributed by atoms with Gasteiger partial charge in [0.25, 0.3) is 0 Å². The molecule has 0 saturated heterocycles. The normalized spacial score (nSPS) is 14.8. The van der Waals surface area contributed by atoms with E-state index in [4.69, 9.17) is 9.51 Å². The SMILES string of the molecule is CNC1(CNc2ccc3c(n2)sc2cc(-c4ccc(CC(=O)Cc5cc(C(C)(C)C)on5)cc4)cn23)CC1. The molecule has 7 nitrogen and oxygen atoms in total. The highest BCUT2D eigenvalue weighted by molar-refractivity contribution is 7.23. The number of benzene rings is 1. The first-order chi connectivity index (χ1) is 18.2. The van der Waals surface area contributed by atoms with Crippen LogP contribution in [0, 0.1) is 0 Å². The van der Waals surface area contributed by atoms with Crippen molar-refractivity contribution < 1.29 is 9.32 Å². The molecule has 2 N–H and O–H groups in total. The summed E-state index contributed by atoms with van der Waals surface area (Å²) in [5.74, 6) is 1.85. The van der Waals surface area contributed by atoms with Crippen molar-refractivity contribution in [2.24, 2.45) is 0 Å². The molecule has 0 aliphatic heterocycles. The van der Waals surface area contributed by atoms with Crippen LogP contribution in [-0.4, -0.2) is 39.5 Å². The highest BCUT2D eigenvalue weighted by Crippen LogP contribution is 2.35. The number of fused-ring (bicyclic) bond motifs is 3. The highest BCUT2D eigenvalue weighted by atomic mass is 32.1. The number of likely N-dealkylation sites (N-methyl/N-ethyl adjacent to an activating group) is 1. The van der Waals surface area contributed by atoms with Crippen molar-refractivity contribution in [3.05, 3.63) is 71.7 Å². The van der Waals surface area contributed by atoms with E-state index in [1.807, 2.05) is 25.2 Å². The lowest BCUT2D eigenvalue weighted by Crippen LogP contribution is -2.35. The molecule has 38 heavy (non-hydrogen) atoms. The van der Waals surface area contributed by atoms with Gasteiger partial charge in [0.1, 0.15) is 27.0 Å². The summed E-state index contributed by atoms with van der Waals surface area (Å²) in [5, 5.41) is 11.0. The zero-order chi connectivity index (χ0) is 26.5. The summed E-state index contributed by atoms with van der Waals surface area (Å²) in [5.41, 5.74) is 5.21. The fraction of sp³-hybridized carbons (Fsp3) is 0.367. The molecule has 0 bridgehead atoms. The molecule has 1 saturated carbocycles. The average Bonchev–Trinajstić information content (AvgIpc) is 3.16. The summed E-state index contributed by atoms with van der Waals surface area (Å²) >= 11 is 1.70. The number of carbonyl (C=O) groups is 1. The maximum Gasteiger partial charge on any atom is 0.144 e. The second-order valence-electron chi connectivity index (χ2n) is 11.5. The van der Waals surface area contributed by atoms with Gasteiger partial charge in [0.15, 0.2) is 0 Å². The number of aromatic nitrogens is 3. The number of thiazole rings is 1. The van der Waals surface area contributed by atoms with Crippen LogP contribution in [0.15, 0.2) is 59.3 Å². The van der Waals surface area contributed by atoms with E-state index < -0.39 is 0 Å². The van der Waals surface area contributed by atoms with E-state index in [1.54, 1.807) is 11.3 Å². The quantitative estimate of drug-likeness (QED) is 0.244. The third-order valence-electron chi connectivity index (χ3n) is 7.44. The van der Waals surface area contributed by atoms with Crippen molar-refractivity contribution in [2.75, 3.05) is 18.9 Å². The lowest BCUT2D eigenvalue weighted by molar-refractivity contribution is -0.117. The van der Waals surface area contributed by atoms with Crippen LogP contribution in [0.25, 0.3) is 26.3 Å². The number of pyridine rings is 1. The summed E-state index contributed by atoms with van der Waals surface area (Å²) in [7, 11) is 2.03. The van der Waals surface area contributed by atoms with Gasteiger partial charge in [-0.05, 0) is 49.2 Å². The Kier molecular flexibility index (Phi) is 6.12. The van der Waals surface area contributed by atoms with Gasteiger partial charge in [-0.2, -0.15) is 0 Å². The van der Waals surface area contributed by atoms with Crippen LogP contribution in [0.1, 0.15) is 50.6 Å². The molecule has 0 atom stereocenters. The van der Waals surface area contributed by atoms with Crippen molar-refractivity contribution in [2.45, 2.75) is 57.4 Å². The minimum atomic E-state index is -0.119. The third-order valence-corrected chi connectivity index (χ3v) is 8.46. The number of carbonyl (C=O) groups excluding carboxylic acids is 1. The van der Waals surface area contributed by atoms with Crippen LogP contribution < -0.4 is 10.6 Å². The molecule has 0 spiro atoms. The Morgan fingerprint density at radius 3 is 2.55 bits per heavy atom. The molecule has 4 heterocycles. The van der Waals surface area contributed by atoms with Gasteiger partial charge in [-0.1, -0.05) is 61.5 Å². The Morgan fingerprint density at radius 1 is 1.08 bits per heavy atom. The Labute approximate surface area is 226 Å². The average molecular weight is 528 g/mol. The lowest BCUT2D eigenvalue weighted by atomic mass is 9.93. The van der Waals surface area contributed by atoms with Crippen molar-refractivity contribution in [1.82, 2.24) is 19.9 Å². The van der Waals surface area contributed by atoms with Crippen LogP contribution >= 0.6 is 11.3 Å². The van der Waals surface area contributed by atoms with Gasteiger partial charge in [-0.3, -0.25) is 4.79 Å². The second kappa shape index (κ2) is 9.36. The number of ketones is 1. The molecule has 1 aliphatic rings. The van der Waals surface area contributed by atoms with Crippen LogP contribution in [-0.2, 0) is 23.1 Å². The summed E-state index contributed by atoms with van der Waals surface area (Å²) in [6.45, 7) is 7.10. The molecule has 1 aliphatic carbocycles. The van der Waals surface area contributed by atoms with Crippen LogP contribution in [0.3, 0.4) is 0 Å². The first kappa shape index (κ1) is 24.8. The van der Waals surface area contributed by atoms with Crippen molar-refractivity contribution in [1.29, 1.82) is 0 Å². The molecular formula is C30H33N5O2S. The highest BCUT2D eigenvalue weighted by Gasteiger charge is 2.40. The predicted molar refractivity (Wildman–Crippen MR) is 153 cm³/mol. The van der Waals surface area contributed by atoms with E-state index in [0.29, 0.717) is 12.1 Å². The van der Waals surface area contributed by atoms with Crippen LogP contribution in [0.2, 0.25) is 0 Å². The number of hydrogen-bond acceptors (Lipinski definition) is 7. The number of Topliss-reactive ketones (excluding diaryl/α,β-unsaturated/α-hetero) is 1. The first-order valence-electron chi connectivity index (χ1n) is 13.1. The van der Waals surface area contributed by atoms with Crippen molar-refractivity contribution in [3.63, 3.8) is 0 Å². The lowest BCUT2D eigenvalue weighted by Gasteiger charge is -2.15. The molecule has 1 fully saturated rings. The maximum absolute atomic E-state index is 12.6. The monoisotopic (exact) mass is 527 g/mol. The molecule has 4 aromatic heterocycles. The van der Waals surface area contributed by atoms with E-state index in [1.165, 1.54) is 12.8 Å². The Hall–Kier alpha value is -3.49. The van der Waals surface area contributed by atoms with E-state index in [2.05, 4.69) is 77.5 Å². The molecule has 6 rings (SSSR count). The smallest absolute Gasteiger partial charge is 0.144 e. The summed E-state index contributed by atoms with van der Waals surface area (Å²) in [6, 6.07) is 16.6. The fourth-order valence-electron chi connectivity index (χ4n) is 4.74. The molecule has 0 radical (unpaired) electrons. The number of hydrogen-bond donors (Lipinski definition) is 2. The van der Waals surface area contributed by atoms with Gasteiger partial charge in [0.05, 0.1) is 17.6 Å². The molecule has 8 heteroatoms. The summed E-state index contributed by atoms with van der Waals surface area (Å²) in [6.07, 6.45) is 5.25. The van der Waals surface area contributed by atoms with E-state index in [-0.39, 0.29) is 23.2 Å². The molecular weight excluding hydrogens is 494 g/mol. The van der Waals surface area contributed by atoms with Crippen molar-refractivity contribution in [3.8, 4) is 11.1 Å². The Morgan fingerprint density at radius 2 is 1.87 bits per heavy atom. The minimum absolute atomic E-state index is 0.119. The summed E-state index contributed by atoms with van der Waals surface area (Å²) in [4.78, 5) is 19.7. The van der Waals surface area contributed by atoms with Crippen LogP contribution in [0.5, 0.6) is 0 Å². The largest absolute Gasteiger partial charge is 0.368 e. The van der Waals surface area contributed by atoms with Gasteiger partial charge in [-0.15, -0.1) is 0 Å². The fourth-order valence-corrected chi connectivity index (χ4v) is 5.79. The Bertz CT molecular complexity index is 1620.